The summed E-state index contributed by atoms with van der Waals surface area (Å²) in [4.78, 5) is 3.84. The Morgan fingerprint density at radius 2 is 2.47 bits per heavy atom. The van der Waals surface area contributed by atoms with Crippen molar-refractivity contribution >= 4 is 0 Å². The average molecular weight is 206 g/mol. The first-order valence-corrected chi connectivity index (χ1v) is 4.91. The van der Waals surface area contributed by atoms with Crippen molar-refractivity contribution in [3.63, 3.8) is 0 Å². The minimum atomic E-state index is 0.715. The molecule has 0 fully saturated rings. The van der Waals surface area contributed by atoms with Gasteiger partial charge < -0.3 is 9.73 Å². The summed E-state index contributed by atoms with van der Waals surface area (Å²) < 4.78 is 6.91. The zero-order chi connectivity index (χ0) is 10.5. The predicted molar refractivity (Wildman–Crippen MR) is 55.1 cm³/mol. The van der Waals surface area contributed by atoms with Gasteiger partial charge in [-0.2, -0.15) is 5.10 Å². The molecule has 0 spiro atoms. The van der Waals surface area contributed by atoms with Crippen molar-refractivity contribution in [1.29, 1.82) is 0 Å². The summed E-state index contributed by atoms with van der Waals surface area (Å²) in [6.07, 6.45) is 6.03. The van der Waals surface area contributed by atoms with Gasteiger partial charge >= 0.3 is 0 Å². The van der Waals surface area contributed by atoms with Crippen LogP contribution in [-0.4, -0.2) is 21.3 Å². The lowest BCUT2D eigenvalue weighted by Crippen LogP contribution is -2.16. The molecule has 0 aromatic carbocycles. The Morgan fingerprint density at radius 3 is 3.13 bits per heavy atom. The maximum Gasteiger partial charge on any atom is 0.180 e. The van der Waals surface area contributed by atoms with Crippen LogP contribution in [0.2, 0.25) is 0 Å². The van der Waals surface area contributed by atoms with Crippen LogP contribution in [0.1, 0.15) is 11.5 Å². The summed E-state index contributed by atoms with van der Waals surface area (Å²) >= 11 is 0. The third kappa shape index (κ3) is 2.92. The number of aromatic nitrogens is 3. The normalized spacial score (nSPS) is 10.7. The number of hydrogen-bond acceptors (Lipinski definition) is 4. The molecule has 5 nitrogen and oxygen atoms in total. The lowest BCUT2D eigenvalue weighted by atomic mass is 10.3. The molecule has 0 saturated heterocycles. The molecule has 80 valence electrons. The first-order chi connectivity index (χ1) is 7.34. The van der Waals surface area contributed by atoms with Crippen LogP contribution in [-0.2, 0) is 20.0 Å². The van der Waals surface area contributed by atoms with Crippen LogP contribution in [0.15, 0.2) is 29.3 Å². The highest BCUT2D eigenvalue weighted by Gasteiger charge is 1.98. The fourth-order valence-corrected chi connectivity index (χ4v) is 1.35. The Bertz CT molecular complexity index is 393. The minimum absolute atomic E-state index is 0.715. The molecule has 0 aliphatic rings. The van der Waals surface area contributed by atoms with E-state index < -0.39 is 0 Å². The molecule has 0 saturated carbocycles. The van der Waals surface area contributed by atoms with Crippen molar-refractivity contribution in [2.45, 2.75) is 13.0 Å². The van der Waals surface area contributed by atoms with Crippen LogP contribution in [0.25, 0.3) is 0 Å². The number of hydrogen-bond donors (Lipinski definition) is 1. The molecule has 0 aliphatic carbocycles. The van der Waals surface area contributed by atoms with E-state index in [2.05, 4.69) is 15.4 Å². The highest BCUT2D eigenvalue weighted by molar-refractivity contribution is 4.99. The summed E-state index contributed by atoms with van der Waals surface area (Å²) in [6.45, 7) is 1.60. The average Bonchev–Trinajstić information content (AvgIpc) is 2.84. The molecule has 2 heterocycles. The Hall–Kier alpha value is -1.62. The van der Waals surface area contributed by atoms with Gasteiger partial charge in [0, 0.05) is 26.2 Å². The molecule has 2 rings (SSSR count). The summed E-state index contributed by atoms with van der Waals surface area (Å²) in [7, 11) is 1.92. The van der Waals surface area contributed by atoms with E-state index in [0.717, 1.165) is 24.4 Å². The summed E-state index contributed by atoms with van der Waals surface area (Å²) in [5, 5.41) is 7.55. The van der Waals surface area contributed by atoms with E-state index in [4.69, 9.17) is 4.42 Å². The Kier molecular flexibility index (Phi) is 3.14. The second-order valence-corrected chi connectivity index (χ2v) is 3.38. The number of aryl methyl sites for hydroxylation is 1. The first kappa shape index (κ1) is 9.92. The first-order valence-electron chi connectivity index (χ1n) is 4.91. The van der Waals surface area contributed by atoms with E-state index in [9.17, 15) is 0 Å². The maximum absolute atomic E-state index is 5.10. The molecule has 0 amide bonds. The quantitative estimate of drug-likeness (QED) is 0.733. The van der Waals surface area contributed by atoms with Gasteiger partial charge in [0.25, 0.3) is 0 Å². The monoisotopic (exact) mass is 206 g/mol. The van der Waals surface area contributed by atoms with E-state index in [1.165, 1.54) is 6.39 Å². The third-order valence-electron chi connectivity index (χ3n) is 2.11. The van der Waals surface area contributed by atoms with Crippen LogP contribution in [0, 0.1) is 0 Å². The zero-order valence-corrected chi connectivity index (χ0v) is 8.68. The lowest BCUT2D eigenvalue weighted by molar-refractivity contribution is 0.479. The van der Waals surface area contributed by atoms with Gasteiger partial charge in [0.1, 0.15) is 5.76 Å². The number of rotatable bonds is 5. The van der Waals surface area contributed by atoms with Gasteiger partial charge in [-0.15, -0.1) is 0 Å². The molecular formula is C10H14N4O. The van der Waals surface area contributed by atoms with Gasteiger partial charge in [-0.25, -0.2) is 4.98 Å². The van der Waals surface area contributed by atoms with Gasteiger partial charge in [0.2, 0.25) is 0 Å². The van der Waals surface area contributed by atoms with E-state index in [0.29, 0.717) is 6.54 Å². The standard InChI is InChI=1S/C10H14N4O/c1-14-5-3-9(13-14)2-4-11-6-10-7-12-8-15-10/h3,5,7-8,11H,2,4,6H2,1H3. The molecule has 15 heavy (non-hydrogen) atoms. The van der Waals surface area contributed by atoms with Crippen molar-refractivity contribution in [2.75, 3.05) is 6.54 Å². The fourth-order valence-electron chi connectivity index (χ4n) is 1.35. The molecule has 2 aromatic heterocycles. The predicted octanol–water partition coefficient (Wildman–Crippen LogP) is 0.740. The largest absolute Gasteiger partial charge is 0.447 e. The molecule has 1 N–H and O–H groups in total. The van der Waals surface area contributed by atoms with Gasteiger partial charge in [-0.1, -0.05) is 0 Å². The Balaban J connectivity index is 1.67. The maximum atomic E-state index is 5.10. The molecule has 0 aliphatic heterocycles. The third-order valence-corrected chi connectivity index (χ3v) is 2.11. The van der Waals surface area contributed by atoms with Gasteiger partial charge in [-0.05, 0) is 6.07 Å². The Labute approximate surface area is 88.1 Å². The van der Waals surface area contributed by atoms with Crippen molar-refractivity contribution in [1.82, 2.24) is 20.1 Å². The number of oxazole rings is 1. The van der Waals surface area contributed by atoms with E-state index in [1.54, 1.807) is 6.20 Å². The van der Waals surface area contributed by atoms with Crippen LogP contribution in [0.5, 0.6) is 0 Å². The summed E-state index contributed by atoms with van der Waals surface area (Å²) in [5.74, 6) is 0.857. The minimum Gasteiger partial charge on any atom is -0.447 e. The summed E-state index contributed by atoms with van der Waals surface area (Å²) in [5.41, 5.74) is 1.10. The van der Waals surface area contributed by atoms with Crippen LogP contribution >= 0.6 is 0 Å². The van der Waals surface area contributed by atoms with E-state index in [1.807, 2.05) is 24.0 Å². The molecule has 0 atom stereocenters. The second kappa shape index (κ2) is 4.75. The van der Waals surface area contributed by atoms with Crippen molar-refractivity contribution in [3.8, 4) is 0 Å². The highest BCUT2D eigenvalue weighted by Crippen LogP contribution is 1.96. The zero-order valence-electron chi connectivity index (χ0n) is 8.68. The van der Waals surface area contributed by atoms with Gasteiger partial charge in [0.15, 0.2) is 6.39 Å². The van der Waals surface area contributed by atoms with E-state index in [-0.39, 0.29) is 0 Å². The van der Waals surface area contributed by atoms with E-state index >= 15 is 0 Å². The molecular weight excluding hydrogens is 192 g/mol. The van der Waals surface area contributed by atoms with Gasteiger partial charge in [0.05, 0.1) is 18.4 Å². The van der Waals surface area contributed by atoms with Crippen LogP contribution in [0.4, 0.5) is 0 Å². The van der Waals surface area contributed by atoms with Crippen molar-refractivity contribution < 1.29 is 4.42 Å². The smallest absolute Gasteiger partial charge is 0.180 e. The van der Waals surface area contributed by atoms with Crippen molar-refractivity contribution in [3.05, 3.63) is 36.3 Å². The number of nitrogens with zero attached hydrogens (tertiary/aromatic N) is 3. The molecule has 0 radical (unpaired) electrons. The second-order valence-electron chi connectivity index (χ2n) is 3.38. The SMILES string of the molecule is Cn1ccc(CCNCc2cnco2)n1. The highest BCUT2D eigenvalue weighted by atomic mass is 16.3. The lowest BCUT2D eigenvalue weighted by Gasteiger charge is -1.99. The van der Waals surface area contributed by atoms with Crippen LogP contribution < -0.4 is 5.32 Å². The van der Waals surface area contributed by atoms with Crippen LogP contribution in [0.3, 0.4) is 0 Å². The molecule has 2 aromatic rings. The molecule has 0 unspecified atom stereocenters. The van der Waals surface area contributed by atoms with Crippen molar-refractivity contribution in [2.24, 2.45) is 7.05 Å². The Morgan fingerprint density at radius 1 is 1.53 bits per heavy atom. The summed E-state index contributed by atoms with van der Waals surface area (Å²) in [6, 6.07) is 2.02. The number of nitrogens with one attached hydrogen (secondary N) is 1. The fraction of sp³-hybridized carbons (Fsp3) is 0.400. The molecule has 0 bridgehead atoms. The molecule has 5 heteroatoms. The van der Waals surface area contributed by atoms with Gasteiger partial charge in [-0.3, -0.25) is 4.68 Å². The topological polar surface area (TPSA) is 55.9 Å².